The second kappa shape index (κ2) is 6.19. The monoisotopic (exact) mass is 357 g/mol. The quantitative estimate of drug-likeness (QED) is 0.627. The van der Waals surface area contributed by atoms with Crippen LogP contribution < -0.4 is 4.74 Å². The summed E-state index contributed by atoms with van der Waals surface area (Å²) in [5.74, 6) is 0.937. The number of ketones is 1. The van der Waals surface area contributed by atoms with Crippen molar-refractivity contribution in [1.82, 2.24) is 4.98 Å². The van der Waals surface area contributed by atoms with Crippen LogP contribution in [0.1, 0.15) is 24.8 Å². The molecule has 1 atom stereocenters. The number of carbonyl (C=O) groups is 1. The highest BCUT2D eigenvalue weighted by Crippen LogP contribution is 2.41. The molecule has 0 saturated heterocycles. The van der Waals surface area contributed by atoms with E-state index in [0.717, 1.165) is 45.5 Å². The average molecular weight is 358 g/mol. The van der Waals surface area contributed by atoms with Crippen LogP contribution in [-0.4, -0.2) is 16.9 Å². The first-order valence-electron chi connectivity index (χ1n) is 7.95. The molecule has 0 radical (unpaired) electrons. The summed E-state index contributed by atoms with van der Waals surface area (Å²) in [6.45, 7) is 1.97. The van der Waals surface area contributed by atoms with E-state index in [1.165, 1.54) is 0 Å². The summed E-state index contributed by atoms with van der Waals surface area (Å²) in [6.07, 6.45) is 3.74. The van der Waals surface area contributed by atoms with Gasteiger partial charge in [0, 0.05) is 28.8 Å². The van der Waals surface area contributed by atoms with Gasteiger partial charge in [-0.1, -0.05) is 11.6 Å². The van der Waals surface area contributed by atoms with Crippen molar-refractivity contribution >= 4 is 38.9 Å². The lowest BCUT2D eigenvalue weighted by Gasteiger charge is -2.19. The van der Waals surface area contributed by atoms with Gasteiger partial charge in [-0.3, -0.25) is 9.78 Å². The zero-order valence-electron chi connectivity index (χ0n) is 13.2. The number of carbonyl (C=O) groups excluding carboxylic acids is 1. The molecule has 2 aromatic heterocycles. The molecule has 24 heavy (non-hydrogen) atoms. The van der Waals surface area contributed by atoms with Gasteiger partial charge < -0.3 is 4.74 Å². The highest BCUT2D eigenvalue weighted by Gasteiger charge is 2.28. The molecule has 0 aliphatic heterocycles. The summed E-state index contributed by atoms with van der Waals surface area (Å²) in [6, 6.07) is 7.78. The predicted molar refractivity (Wildman–Crippen MR) is 98.1 cm³/mol. The molecule has 3 nitrogen and oxygen atoms in total. The van der Waals surface area contributed by atoms with Crippen molar-refractivity contribution in [3.63, 3.8) is 0 Å². The van der Waals surface area contributed by atoms with Crippen LogP contribution in [-0.2, 0) is 4.79 Å². The van der Waals surface area contributed by atoms with Crippen LogP contribution >= 0.6 is 22.9 Å². The molecule has 5 heteroatoms. The molecule has 122 valence electrons. The smallest absolute Gasteiger partial charge is 0.173 e. The van der Waals surface area contributed by atoms with Crippen molar-refractivity contribution in [1.29, 1.82) is 0 Å². The zero-order valence-corrected chi connectivity index (χ0v) is 14.8. The van der Waals surface area contributed by atoms with E-state index in [1.54, 1.807) is 17.5 Å². The van der Waals surface area contributed by atoms with Crippen molar-refractivity contribution < 1.29 is 9.53 Å². The van der Waals surface area contributed by atoms with Gasteiger partial charge in [-0.2, -0.15) is 0 Å². The van der Waals surface area contributed by atoms with Gasteiger partial charge in [0.25, 0.3) is 0 Å². The van der Waals surface area contributed by atoms with E-state index >= 15 is 0 Å². The summed E-state index contributed by atoms with van der Waals surface area (Å²) < 4.78 is 7.26. The summed E-state index contributed by atoms with van der Waals surface area (Å²) in [5.41, 5.74) is 3.87. The maximum absolute atomic E-state index is 12.0. The number of thiophene rings is 1. The largest absolute Gasteiger partial charge is 0.482 e. The average Bonchev–Trinajstić information content (AvgIpc) is 3.18. The highest BCUT2D eigenvalue weighted by molar-refractivity contribution is 7.17. The first-order valence-corrected chi connectivity index (χ1v) is 9.21. The summed E-state index contributed by atoms with van der Waals surface area (Å²) >= 11 is 7.95. The van der Waals surface area contributed by atoms with Gasteiger partial charge in [0.1, 0.15) is 5.75 Å². The topological polar surface area (TPSA) is 39.2 Å². The number of pyridine rings is 1. The van der Waals surface area contributed by atoms with E-state index in [1.807, 2.05) is 36.6 Å². The molecule has 1 aromatic carbocycles. The highest BCUT2D eigenvalue weighted by atomic mass is 35.5. The summed E-state index contributed by atoms with van der Waals surface area (Å²) in [4.78, 5) is 16.4. The van der Waals surface area contributed by atoms with Crippen LogP contribution in [0.4, 0.5) is 0 Å². The summed E-state index contributed by atoms with van der Waals surface area (Å²) in [5, 5.41) is 2.69. The van der Waals surface area contributed by atoms with Gasteiger partial charge >= 0.3 is 0 Å². The third kappa shape index (κ3) is 2.70. The molecule has 0 spiro atoms. The molecular formula is C19H16ClNO2S. The van der Waals surface area contributed by atoms with Gasteiger partial charge in [-0.15, -0.1) is 11.3 Å². The lowest BCUT2D eigenvalue weighted by atomic mass is 10.0. The maximum atomic E-state index is 12.0. The number of halogens is 1. The molecule has 0 amide bonds. The molecule has 0 bridgehead atoms. The van der Waals surface area contributed by atoms with E-state index in [0.29, 0.717) is 11.4 Å². The Bertz CT molecular complexity index is 934. The second-order valence-electron chi connectivity index (χ2n) is 6.06. The number of rotatable bonds is 3. The third-order valence-corrected chi connectivity index (χ3v) is 5.54. The molecule has 1 unspecified atom stereocenters. The maximum Gasteiger partial charge on any atom is 0.173 e. The molecule has 1 saturated carbocycles. The number of Topliss-reactive ketones (excluding diaryl/α,β-unsaturated/α-hetero) is 1. The molecule has 0 N–H and O–H groups in total. The Balaban J connectivity index is 1.88. The van der Waals surface area contributed by atoms with E-state index in [-0.39, 0.29) is 11.9 Å². The number of aromatic nitrogens is 1. The normalized spacial score (nSPS) is 17.6. The van der Waals surface area contributed by atoms with E-state index < -0.39 is 0 Å². The van der Waals surface area contributed by atoms with Gasteiger partial charge in [-0.05, 0) is 55.0 Å². The number of ether oxygens (including phenoxy) is 1. The first kappa shape index (κ1) is 15.6. The van der Waals surface area contributed by atoms with Crippen molar-refractivity contribution in [2.24, 2.45) is 0 Å². The minimum Gasteiger partial charge on any atom is -0.482 e. The van der Waals surface area contributed by atoms with Gasteiger partial charge in [-0.25, -0.2) is 0 Å². The third-order valence-electron chi connectivity index (χ3n) is 4.38. The van der Waals surface area contributed by atoms with Gasteiger partial charge in [0.15, 0.2) is 11.9 Å². The standard InChI is InChI=1S/C19H16ClNO2S/c1-11-9-12(20)10-14(18(11)23-17-4-2-3-16(17)22)13-5-7-21-15-6-8-24-19(13)15/h5-10,17H,2-4H2,1H3. The van der Waals surface area contributed by atoms with E-state index in [9.17, 15) is 4.79 Å². The fourth-order valence-electron chi connectivity index (χ4n) is 3.22. The Morgan fingerprint density at radius 1 is 1.29 bits per heavy atom. The fourth-order valence-corrected chi connectivity index (χ4v) is 4.37. The van der Waals surface area contributed by atoms with Crippen LogP contribution in [0.2, 0.25) is 5.02 Å². The van der Waals surface area contributed by atoms with Crippen molar-refractivity contribution in [2.45, 2.75) is 32.3 Å². The number of nitrogens with zero attached hydrogens (tertiary/aromatic N) is 1. The lowest BCUT2D eigenvalue weighted by molar-refractivity contribution is -0.123. The molecular weight excluding hydrogens is 342 g/mol. The van der Waals surface area contributed by atoms with Crippen LogP contribution in [0.3, 0.4) is 0 Å². The molecule has 4 rings (SSSR count). The van der Waals surface area contributed by atoms with Crippen LogP contribution in [0, 0.1) is 6.92 Å². The van der Waals surface area contributed by atoms with Crippen LogP contribution in [0.15, 0.2) is 35.8 Å². The Morgan fingerprint density at radius 3 is 2.96 bits per heavy atom. The second-order valence-corrected chi connectivity index (χ2v) is 7.41. The number of benzene rings is 1. The van der Waals surface area contributed by atoms with Crippen molar-refractivity contribution in [3.8, 4) is 16.9 Å². The Kier molecular flexibility index (Phi) is 4.02. The minimum absolute atomic E-state index is 0.186. The molecule has 3 aromatic rings. The number of hydrogen-bond acceptors (Lipinski definition) is 4. The Labute approximate surface area is 149 Å². The Hall–Kier alpha value is -1.91. The van der Waals surface area contributed by atoms with Crippen LogP contribution in [0.5, 0.6) is 5.75 Å². The fraction of sp³-hybridized carbons (Fsp3) is 0.263. The predicted octanol–water partition coefficient (Wildman–Crippen LogP) is 5.43. The first-order chi connectivity index (χ1) is 11.6. The van der Waals surface area contributed by atoms with Crippen molar-refractivity contribution in [2.75, 3.05) is 0 Å². The van der Waals surface area contributed by atoms with Crippen LogP contribution in [0.25, 0.3) is 21.3 Å². The lowest BCUT2D eigenvalue weighted by Crippen LogP contribution is -2.21. The van der Waals surface area contributed by atoms with Crippen molar-refractivity contribution in [3.05, 3.63) is 46.4 Å². The summed E-state index contributed by atoms with van der Waals surface area (Å²) in [7, 11) is 0. The van der Waals surface area contributed by atoms with Gasteiger partial charge in [0.05, 0.1) is 10.2 Å². The number of fused-ring (bicyclic) bond motifs is 1. The number of hydrogen-bond donors (Lipinski definition) is 0. The zero-order chi connectivity index (χ0) is 16.7. The molecule has 1 fully saturated rings. The minimum atomic E-state index is -0.343. The van der Waals surface area contributed by atoms with Gasteiger partial charge in [0.2, 0.25) is 0 Å². The van der Waals surface area contributed by atoms with E-state index in [2.05, 4.69) is 4.98 Å². The van der Waals surface area contributed by atoms with E-state index in [4.69, 9.17) is 16.3 Å². The SMILES string of the molecule is Cc1cc(Cl)cc(-c2ccnc3ccsc23)c1OC1CCCC1=O. The number of aryl methyl sites for hydroxylation is 1. The molecule has 2 heterocycles. The Morgan fingerprint density at radius 2 is 2.17 bits per heavy atom. The molecule has 1 aliphatic rings. The molecule has 1 aliphatic carbocycles.